The molecule has 2 aromatic rings. The molecule has 2 aromatic carbocycles. The molecule has 2 rings (SSSR count). The van der Waals surface area contributed by atoms with E-state index < -0.39 is 0 Å². The first-order valence-electron chi connectivity index (χ1n) is 7.94. The zero-order chi connectivity index (χ0) is 16.5. The lowest BCUT2D eigenvalue weighted by molar-refractivity contribution is 0.402. The molecule has 0 spiro atoms. The fourth-order valence-electron chi connectivity index (χ4n) is 2.33. The van der Waals surface area contributed by atoms with Crippen LogP contribution in [0.3, 0.4) is 0 Å². The van der Waals surface area contributed by atoms with Crippen LogP contribution in [-0.4, -0.2) is 31.5 Å². The molecule has 4 nitrogen and oxygen atoms in total. The Morgan fingerprint density at radius 2 is 1.58 bits per heavy atom. The number of nitrogens with one attached hydrogen (secondary N) is 1. The van der Waals surface area contributed by atoms with Crippen LogP contribution >= 0.6 is 24.0 Å². The van der Waals surface area contributed by atoms with Crippen LogP contribution in [0.2, 0.25) is 0 Å². The lowest BCUT2D eigenvalue weighted by Gasteiger charge is -2.10. The number of rotatable bonds is 7. The first-order valence-corrected chi connectivity index (χ1v) is 7.94. The van der Waals surface area contributed by atoms with Crippen molar-refractivity contribution >= 4 is 29.9 Å². The van der Waals surface area contributed by atoms with Crippen LogP contribution in [0.5, 0.6) is 0 Å². The second-order valence-electron chi connectivity index (χ2n) is 5.92. The van der Waals surface area contributed by atoms with E-state index >= 15 is 0 Å². The van der Waals surface area contributed by atoms with Crippen molar-refractivity contribution in [3.05, 3.63) is 71.3 Å². The largest absolute Gasteiger partial charge is 0.370 e. The maximum atomic E-state index is 5.91. The maximum absolute atomic E-state index is 5.91. The quantitative estimate of drug-likeness (QED) is 0.397. The number of nitrogens with zero attached hydrogens (tertiary/aromatic N) is 2. The van der Waals surface area contributed by atoms with Crippen molar-refractivity contribution < 1.29 is 0 Å². The monoisotopic (exact) mass is 438 g/mol. The van der Waals surface area contributed by atoms with Crippen LogP contribution in [0.15, 0.2) is 59.6 Å². The van der Waals surface area contributed by atoms with Gasteiger partial charge in [-0.05, 0) is 37.2 Å². The smallest absolute Gasteiger partial charge is 0.188 e. The minimum absolute atomic E-state index is 0. The van der Waals surface area contributed by atoms with Crippen molar-refractivity contribution in [3.63, 3.8) is 0 Å². The third-order valence-corrected chi connectivity index (χ3v) is 3.52. The first-order chi connectivity index (χ1) is 11.1. The number of hydrogen-bond donors (Lipinski definition) is 2. The molecule has 0 saturated carbocycles. The van der Waals surface area contributed by atoms with E-state index in [9.17, 15) is 0 Å². The molecule has 0 heterocycles. The number of hydrogen-bond acceptors (Lipinski definition) is 2. The van der Waals surface area contributed by atoms with Gasteiger partial charge in [0, 0.05) is 13.1 Å². The summed E-state index contributed by atoms with van der Waals surface area (Å²) >= 11 is 0. The van der Waals surface area contributed by atoms with Crippen LogP contribution in [-0.2, 0) is 19.5 Å². The van der Waals surface area contributed by atoms with Crippen LogP contribution in [0.1, 0.15) is 16.7 Å². The SMILES string of the molecule is CN(C)Cc1ccc(CN=C(N)NCCc2ccccc2)cc1.I. The summed E-state index contributed by atoms with van der Waals surface area (Å²) in [5.74, 6) is 0.498. The summed E-state index contributed by atoms with van der Waals surface area (Å²) < 4.78 is 0. The Labute approximate surface area is 162 Å². The van der Waals surface area contributed by atoms with Gasteiger partial charge < -0.3 is 16.0 Å². The number of halogens is 1. The highest BCUT2D eigenvalue weighted by Crippen LogP contribution is 2.07. The molecule has 0 amide bonds. The van der Waals surface area contributed by atoms with Crippen molar-refractivity contribution in [2.24, 2.45) is 10.7 Å². The Morgan fingerprint density at radius 1 is 0.958 bits per heavy atom. The lowest BCUT2D eigenvalue weighted by atomic mass is 10.1. The summed E-state index contributed by atoms with van der Waals surface area (Å²) in [6, 6.07) is 18.9. The predicted molar refractivity (Wildman–Crippen MR) is 113 cm³/mol. The average molecular weight is 438 g/mol. The van der Waals surface area contributed by atoms with Gasteiger partial charge in [0.15, 0.2) is 5.96 Å². The molecule has 0 aliphatic carbocycles. The molecule has 0 aliphatic rings. The van der Waals surface area contributed by atoms with Crippen LogP contribution < -0.4 is 11.1 Å². The molecule has 0 aliphatic heterocycles. The Bertz CT molecular complexity index is 609. The summed E-state index contributed by atoms with van der Waals surface area (Å²) in [5.41, 5.74) is 9.68. The summed E-state index contributed by atoms with van der Waals surface area (Å²) in [4.78, 5) is 6.54. The highest BCUT2D eigenvalue weighted by atomic mass is 127. The molecular formula is C19H27IN4. The molecule has 3 N–H and O–H groups in total. The minimum Gasteiger partial charge on any atom is -0.370 e. The molecule has 0 atom stereocenters. The van der Waals surface area contributed by atoms with Crippen LogP contribution in [0.4, 0.5) is 0 Å². The Hall–Kier alpha value is -1.60. The fraction of sp³-hybridized carbons (Fsp3) is 0.316. The number of nitrogens with two attached hydrogens (primary N) is 1. The third-order valence-electron chi connectivity index (χ3n) is 3.52. The van der Waals surface area contributed by atoms with E-state index in [0.717, 1.165) is 19.5 Å². The van der Waals surface area contributed by atoms with Gasteiger partial charge >= 0.3 is 0 Å². The fourth-order valence-corrected chi connectivity index (χ4v) is 2.33. The van der Waals surface area contributed by atoms with Gasteiger partial charge in [-0.15, -0.1) is 24.0 Å². The van der Waals surface area contributed by atoms with Gasteiger partial charge in [0.05, 0.1) is 6.54 Å². The van der Waals surface area contributed by atoms with Crippen LogP contribution in [0, 0.1) is 0 Å². The zero-order valence-electron chi connectivity index (χ0n) is 14.4. The van der Waals surface area contributed by atoms with Gasteiger partial charge in [0.2, 0.25) is 0 Å². The van der Waals surface area contributed by atoms with Crippen molar-refractivity contribution in [1.82, 2.24) is 10.2 Å². The molecule has 0 saturated heterocycles. The summed E-state index contributed by atoms with van der Waals surface area (Å²) in [5, 5.41) is 3.16. The Morgan fingerprint density at radius 3 is 2.21 bits per heavy atom. The second-order valence-corrected chi connectivity index (χ2v) is 5.92. The van der Waals surface area contributed by atoms with Gasteiger partial charge in [-0.2, -0.15) is 0 Å². The number of benzene rings is 2. The molecule has 0 radical (unpaired) electrons. The summed E-state index contributed by atoms with van der Waals surface area (Å²) in [7, 11) is 4.14. The molecule has 130 valence electrons. The summed E-state index contributed by atoms with van der Waals surface area (Å²) in [6.07, 6.45) is 0.941. The molecule has 0 unspecified atom stereocenters. The van der Waals surface area contributed by atoms with Crippen molar-refractivity contribution in [2.75, 3.05) is 20.6 Å². The van der Waals surface area contributed by atoms with Gasteiger partial charge in [-0.1, -0.05) is 54.6 Å². The molecule has 0 bridgehead atoms. The highest BCUT2D eigenvalue weighted by molar-refractivity contribution is 14.0. The van der Waals surface area contributed by atoms with Crippen molar-refractivity contribution in [1.29, 1.82) is 0 Å². The van der Waals surface area contributed by atoms with Crippen molar-refractivity contribution in [2.45, 2.75) is 19.5 Å². The first kappa shape index (κ1) is 20.4. The van der Waals surface area contributed by atoms with E-state index in [-0.39, 0.29) is 24.0 Å². The van der Waals surface area contributed by atoms with Gasteiger partial charge in [0.1, 0.15) is 0 Å². The normalized spacial score (nSPS) is 11.2. The molecule has 0 fully saturated rings. The zero-order valence-corrected chi connectivity index (χ0v) is 16.7. The van der Waals surface area contributed by atoms with E-state index in [1.807, 2.05) is 18.2 Å². The second kappa shape index (κ2) is 11.0. The van der Waals surface area contributed by atoms with E-state index in [1.54, 1.807) is 0 Å². The molecule has 5 heteroatoms. The van der Waals surface area contributed by atoms with Gasteiger partial charge in [-0.25, -0.2) is 4.99 Å². The standard InChI is InChI=1S/C19H26N4.HI/c1-23(2)15-18-10-8-17(9-11-18)14-22-19(20)21-13-12-16-6-4-3-5-7-16;/h3-11H,12-15H2,1-2H3,(H3,20,21,22);1H. The van der Waals surface area contributed by atoms with E-state index in [1.165, 1.54) is 16.7 Å². The van der Waals surface area contributed by atoms with E-state index in [2.05, 4.69) is 65.7 Å². The molecule has 24 heavy (non-hydrogen) atoms. The molecule has 0 aromatic heterocycles. The lowest BCUT2D eigenvalue weighted by Crippen LogP contribution is -2.33. The van der Waals surface area contributed by atoms with E-state index in [0.29, 0.717) is 12.5 Å². The Kier molecular flexibility index (Phi) is 9.41. The van der Waals surface area contributed by atoms with Gasteiger partial charge in [0.25, 0.3) is 0 Å². The topological polar surface area (TPSA) is 53.6 Å². The minimum atomic E-state index is 0. The van der Waals surface area contributed by atoms with E-state index in [4.69, 9.17) is 5.73 Å². The predicted octanol–water partition coefficient (Wildman–Crippen LogP) is 3.01. The third kappa shape index (κ3) is 7.79. The highest BCUT2D eigenvalue weighted by Gasteiger charge is 1.97. The van der Waals surface area contributed by atoms with Crippen LogP contribution in [0.25, 0.3) is 0 Å². The van der Waals surface area contributed by atoms with Gasteiger partial charge in [-0.3, -0.25) is 0 Å². The average Bonchev–Trinajstić information content (AvgIpc) is 2.55. The molecular weight excluding hydrogens is 411 g/mol. The van der Waals surface area contributed by atoms with Crippen molar-refractivity contribution in [3.8, 4) is 0 Å². The summed E-state index contributed by atoms with van der Waals surface area (Å²) in [6.45, 7) is 2.35. The number of aliphatic imine (C=N–C) groups is 1. The maximum Gasteiger partial charge on any atom is 0.188 e. The number of guanidine groups is 1. The Balaban J connectivity index is 0.00000288.